The van der Waals surface area contributed by atoms with Crippen LogP contribution in [0.15, 0.2) is 29.2 Å². The van der Waals surface area contributed by atoms with Gasteiger partial charge in [-0.25, -0.2) is 8.42 Å². The van der Waals surface area contributed by atoms with Crippen LogP contribution in [-0.2, 0) is 14.8 Å². The van der Waals surface area contributed by atoms with E-state index in [2.05, 4.69) is 5.32 Å². The quantitative estimate of drug-likeness (QED) is 0.743. The van der Waals surface area contributed by atoms with Crippen LogP contribution in [-0.4, -0.2) is 69.4 Å². The minimum absolute atomic E-state index is 0.0309. The third kappa shape index (κ3) is 5.04. The molecule has 0 spiro atoms. The minimum Gasteiger partial charge on any atom is -0.497 e. The van der Waals surface area contributed by atoms with Gasteiger partial charge in [-0.2, -0.15) is 4.31 Å². The lowest BCUT2D eigenvalue weighted by atomic mass is 9.95. The molecule has 0 aromatic heterocycles. The van der Waals surface area contributed by atoms with E-state index in [1.165, 1.54) is 0 Å². The van der Waals surface area contributed by atoms with Crippen LogP contribution in [0.1, 0.15) is 38.5 Å². The number of rotatable bonds is 7. The molecule has 1 aromatic carbocycles. The maximum atomic E-state index is 13.4. The smallest absolute Gasteiger partial charge is 0.243 e. The molecule has 7 nitrogen and oxygen atoms in total. The number of methoxy groups -OCH3 is 1. The summed E-state index contributed by atoms with van der Waals surface area (Å²) >= 11 is 0. The molecule has 0 unspecified atom stereocenters. The second-order valence-corrected chi connectivity index (χ2v) is 9.35. The summed E-state index contributed by atoms with van der Waals surface area (Å²) in [6.45, 7) is 3.20. The lowest BCUT2D eigenvalue weighted by Crippen LogP contribution is -2.48. The SMILES string of the molecule is COc1ccc(S(=O)(=O)N(CCC(=O)N2CCNCC2)C2CCCCC2)cc1. The zero-order valence-electron chi connectivity index (χ0n) is 16.6. The van der Waals surface area contributed by atoms with Crippen LogP contribution in [0.3, 0.4) is 0 Å². The summed E-state index contributed by atoms with van der Waals surface area (Å²) in [7, 11) is -2.10. The van der Waals surface area contributed by atoms with Crippen molar-refractivity contribution in [2.75, 3.05) is 39.8 Å². The monoisotopic (exact) mass is 409 g/mol. The van der Waals surface area contributed by atoms with Crippen LogP contribution in [0.25, 0.3) is 0 Å². The van der Waals surface area contributed by atoms with Crippen molar-refractivity contribution in [2.45, 2.75) is 49.5 Å². The van der Waals surface area contributed by atoms with Crippen molar-refractivity contribution >= 4 is 15.9 Å². The predicted octanol–water partition coefficient (Wildman–Crippen LogP) is 1.84. The number of nitrogens with one attached hydrogen (secondary N) is 1. The van der Waals surface area contributed by atoms with Gasteiger partial charge in [-0.3, -0.25) is 4.79 Å². The van der Waals surface area contributed by atoms with Gasteiger partial charge >= 0.3 is 0 Å². The normalized spacial score (nSPS) is 19.0. The Labute approximate surface area is 168 Å². The molecule has 0 radical (unpaired) electrons. The highest BCUT2D eigenvalue weighted by Gasteiger charge is 2.33. The number of piperazine rings is 1. The van der Waals surface area contributed by atoms with E-state index in [4.69, 9.17) is 4.74 Å². The molecule has 2 fully saturated rings. The Morgan fingerprint density at radius 2 is 1.79 bits per heavy atom. The Balaban J connectivity index is 1.76. The maximum Gasteiger partial charge on any atom is 0.243 e. The number of ether oxygens (including phenoxy) is 1. The highest BCUT2D eigenvalue weighted by molar-refractivity contribution is 7.89. The lowest BCUT2D eigenvalue weighted by molar-refractivity contribution is -0.131. The van der Waals surface area contributed by atoms with Gasteiger partial charge in [0.15, 0.2) is 0 Å². The van der Waals surface area contributed by atoms with E-state index in [-0.39, 0.29) is 29.8 Å². The van der Waals surface area contributed by atoms with Crippen molar-refractivity contribution < 1.29 is 17.9 Å². The summed E-state index contributed by atoms with van der Waals surface area (Å²) in [5, 5.41) is 3.23. The molecule has 8 heteroatoms. The van der Waals surface area contributed by atoms with Crippen LogP contribution in [0.5, 0.6) is 5.75 Å². The molecule has 1 saturated carbocycles. The number of hydrogen-bond donors (Lipinski definition) is 1. The van der Waals surface area contributed by atoms with Gasteiger partial charge < -0.3 is 15.0 Å². The molecule has 1 N–H and O–H groups in total. The fourth-order valence-electron chi connectivity index (χ4n) is 4.03. The number of sulfonamides is 1. The molecule has 1 aliphatic carbocycles. The molecule has 1 aromatic rings. The van der Waals surface area contributed by atoms with Gasteiger partial charge in [-0.05, 0) is 37.1 Å². The van der Waals surface area contributed by atoms with Gasteiger partial charge in [0.25, 0.3) is 0 Å². The van der Waals surface area contributed by atoms with Crippen molar-refractivity contribution in [1.82, 2.24) is 14.5 Å². The number of carbonyl (C=O) groups excluding carboxylic acids is 1. The van der Waals surface area contributed by atoms with Gasteiger partial charge in [-0.15, -0.1) is 0 Å². The molecular weight excluding hydrogens is 378 g/mol. The first-order valence-corrected chi connectivity index (χ1v) is 11.6. The van der Waals surface area contributed by atoms with Gasteiger partial charge in [0.05, 0.1) is 12.0 Å². The summed E-state index contributed by atoms with van der Waals surface area (Å²) < 4.78 is 33.5. The Kier molecular flexibility index (Phi) is 7.31. The van der Waals surface area contributed by atoms with Crippen LogP contribution in [0.2, 0.25) is 0 Å². The molecule has 1 heterocycles. The second-order valence-electron chi connectivity index (χ2n) is 7.46. The maximum absolute atomic E-state index is 13.4. The van der Waals surface area contributed by atoms with Crippen LogP contribution in [0, 0.1) is 0 Å². The standard InChI is InChI=1S/C20H31N3O4S/c1-27-18-7-9-19(10-8-18)28(25,26)23(17-5-3-2-4-6-17)14-11-20(24)22-15-12-21-13-16-22/h7-10,17,21H,2-6,11-16H2,1H3. The fraction of sp³-hybridized carbons (Fsp3) is 0.650. The zero-order chi connectivity index (χ0) is 20.0. The minimum atomic E-state index is -3.66. The molecule has 28 heavy (non-hydrogen) atoms. The summed E-state index contributed by atoms with van der Waals surface area (Å²) in [5.41, 5.74) is 0. The molecule has 0 atom stereocenters. The summed E-state index contributed by atoms with van der Waals surface area (Å²) in [6, 6.07) is 6.47. The first kappa shape index (κ1) is 21.1. The molecular formula is C20H31N3O4S. The zero-order valence-corrected chi connectivity index (χ0v) is 17.4. The van der Waals surface area contributed by atoms with Gasteiger partial charge in [0, 0.05) is 45.2 Å². The number of carbonyl (C=O) groups is 1. The fourth-order valence-corrected chi connectivity index (χ4v) is 5.72. The number of benzene rings is 1. The Morgan fingerprint density at radius 3 is 2.39 bits per heavy atom. The summed E-state index contributed by atoms with van der Waals surface area (Å²) in [5.74, 6) is 0.657. The molecule has 156 valence electrons. The van der Waals surface area contributed by atoms with Crippen LogP contribution in [0.4, 0.5) is 0 Å². The van der Waals surface area contributed by atoms with Crippen molar-refractivity contribution in [2.24, 2.45) is 0 Å². The van der Waals surface area contributed by atoms with E-state index in [0.29, 0.717) is 18.8 Å². The summed E-state index contributed by atoms with van der Waals surface area (Å²) in [4.78, 5) is 14.7. The third-order valence-electron chi connectivity index (χ3n) is 5.66. The average molecular weight is 410 g/mol. The first-order valence-electron chi connectivity index (χ1n) is 10.2. The molecule has 1 saturated heterocycles. The lowest BCUT2D eigenvalue weighted by Gasteiger charge is -2.34. The average Bonchev–Trinajstić information content (AvgIpc) is 2.75. The number of amides is 1. The molecule has 3 rings (SSSR count). The van der Waals surface area contributed by atoms with E-state index in [1.54, 1.807) is 35.7 Å². The largest absolute Gasteiger partial charge is 0.497 e. The van der Waals surface area contributed by atoms with Crippen LogP contribution < -0.4 is 10.1 Å². The van der Waals surface area contributed by atoms with Gasteiger partial charge in [0.2, 0.25) is 15.9 Å². The molecule has 2 aliphatic rings. The Bertz CT molecular complexity index is 739. The highest BCUT2D eigenvalue weighted by Crippen LogP contribution is 2.29. The van der Waals surface area contributed by atoms with Crippen molar-refractivity contribution in [3.8, 4) is 5.75 Å². The summed E-state index contributed by atoms with van der Waals surface area (Å²) in [6.07, 6.45) is 5.16. The van der Waals surface area contributed by atoms with Crippen molar-refractivity contribution in [3.05, 3.63) is 24.3 Å². The van der Waals surface area contributed by atoms with E-state index in [1.807, 2.05) is 4.90 Å². The number of nitrogens with zero attached hydrogens (tertiary/aromatic N) is 2. The Hall–Kier alpha value is -1.64. The first-order chi connectivity index (χ1) is 13.5. The van der Waals surface area contributed by atoms with Gasteiger partial charge in [-0.1, -0.05) is 19.3 Å². The molecule has 1 amide bonds. The van der Waals surface area contributed by atoms with E-state index >= 15 is 0 Å². The van der Waals surface area contributed by atoms with E-state index < -0.39 is 10.0 Å². The van der Waals surface area contributed by atoms with Crippen molar-refractivity contribution in [3.63, 3.8) is 0 Å². The number of hydrogen-bond acceptors (Lipinski definition) is 5. The Morgan fingerprint density at radius 1 is 1.14 bits per heavy atom. The van der Waals surface area contributed by atoms with E-state index in [0.717, 1.165) is 45.2 Å². The molecule has 0 bridgehead atoms. The molecule has 1 aliphatic heterocycles. The topological polar surface area (TPSA) is 79.0 Å². The van der Waals surface area contributed by atoms with E-state index in [9.17, 15) is 13.2 Å². The third-order valence-corrected chi connectivity index (χ3v) is 7.63. The van der Waals surface area contributed by atoms with Crippen LogP contribution >= 0.6 is 0 Å². The predicted molar refractivity (Wildman–Crippen MR) is 108 cm³/mol. The highest BCUT2D eigenvalue weighted by atomic mass is 32.2. The van der Waals surface area contributed by atoms with Gasteiger partial charge in [0.1, 0.15) is 5.75 Å². The second kappa shape index (κ2) is 9.71. The van der Waals surface area contributed by atoms with Crippen molar-refractivity contribution in [1.29, 1.82) is 0 Å².